The SMILES string of the molecule is CC(CCC(=O)O)NC(=O)C1(C)COCC1NC(=O)OCC1c2ccccc2-c2ccccc21. The van der Waals surface area contributed by atoms with E-state index in [0.29, 0.717) is 6.42 Å². The van der Waals surface area contributed by atoms with E-state index >= 15 is 0 Å². The number of hydrogen-bond donors (Lipinski definition) is 3. The lowest BCUT2D eigenvalue weighted by atomic mass is 9.84. The molecule has 3 unspecified atom stereocenters. The van der Waals surface area contributed by atoms with E-state index in [2.05, 4.69) is 34.9 Å². The van der Waals surface area contributed by atoms with Gasteiger partial charge in [0, 0.05) is 18.4 Å². The summed E-state index contributed by atoms with van der Waals surface area (Å²) in [6.07, 6.45) is -0.311. The second-order valence-corrected chi connectivity index (χ2v) is 9.26. The van der Waals surface area contributed by atoms with E-state index in [1.807, 2.05) is 24.3 Å². The lowest BCUT2D eigenvalue weighted by molar-refractivity contribution is -0.138. The van der Waals surface area contributed by atoms with Gasteiger partial charge in [-0.15, -0.1) is 0 Å². The van der Waals surface area contributed by atoms with Gasteiger partial charge in [0.15, 0.2) is 0 Å². The molecule has 0 spiro atoms. The second kappa shape index (κ2) is 9.85. The van der Waals surface area contributed by atoms with Crippen LogP contribution in [0.3, 0.4) is 0 Å². The molecule has 3 N–H and O–H groups in total. The lowest BCUT2D eigenvalue weighted by Crippen LogP contribution is -2.55. The van der Waals surface area contributed by atoms with Crippen LogP contribution in [0.5, 0.6) is 0 Å². The predicted octanol–water partition coefficient (Wildman–Crippen LogP) is 3.30. The summed E-state index contributed by atoms with van der Waals surface area (Å²) in [5.74, 6) is -1.25. The van der Waals surface area contributed by atoms with Crippen molar-refractivity contribution in [1.29, 1.82) is 0 Å². The number of alkyl carbamates (subject to hydrolysis) is 1. The molecule has 0 radical (unpaired) electrons. The predicted molar refractivity (Wildman–Crippen MR) is 125 cm³/mol. The monoisotopic (exact) mass is 466 g/mol. The van der Waals surface area contributed by atoms with E-state index in [0.717, 1.165) is 22.3 Å². The minimum Gasteiger partial charge on any atom is -0.481 e. The standard InChI is InChI=1S/C26H30N2O6/c1-16(11-12-23(29)30)27-24(31)26(2)15-33-14-22(26)28-25(32)34-13-21-19-9-5-3-7-17(19)18-8-4-6-10-20(18)21/h3-10,16,21-22H,11-15H2,1-2H3,(H,27,31)(H,28,32)(H,29,30). The lowest BCUT2D eigenvalue weighted by Gasteiger charge is -2.30. The summed E-state index contributed by atoms with van der Waals surface area (Å²) < 4.78 is 11.1. The van der Waals surface area contributed by atoms with Gasteiger partial charge in [-0.2, -0.15) is 0 Å². The Morgan fingerprint density at radius 3 is 2.35 bits per heavy atom. The number of benzene rings is 2. The van der Waals surface area contributed by atoms with Gasteiger partial charge in [-0.3, -0.25) is 9.59 Å². The van der Waals surface area contributed by atoms with Crippen molar-refractivity contribution < 1.29 is 29.0 Å². The van der Waals surface area contributed by atoms with Crippen LogP contribution >= 0.6 is 0 Å². The normalized spacial score (nSPS) is 21.9. The number of rotatable bonds is 8. The topological polar surface area (TPSA) is 114 Å². The summed E-state index contributed by atoms with van der Waals surface area (Å²) in [6.45, 7) is 4.01. The first-order valence-electron chi connectivity index (χ1n) is 11.5. The highest BCUT2D eigenvalue weighted by Crippen LogP contribution is 2.44. The Morgan fingerprint density at radius 2 is 1.74 bits per heavy atom. The number of carboxylic acid groups (broad SMARTS) is 1. The van der Waals surface area contributed by atoms with E-state index in [1.54, 1.807) is 13.8 Å². The molecular weight excluding hydrogens is 436 g/mol. The maximum absolute atomic E-state index is 12.9. The Labute approximate surface area is 198 Å². The van der Waals surface area contributed by atoms with Gasteiger partial charge in [0.25, 0.3) is 0 Å². The number of nitrogens with one attached hydrogen (secondary N) is 2. The third-order valence-corrected chi connectivity index (χ3v) is 6.78. The van der Waals surface area contributed by atoms with Crippen molar-refractivity contribution in [3.05, 3.63) is 59.7 Å². The first-order valence-corrected chi connectivity index (χ1v) is 11.5. The highest BCUT2D eigenvalue weighted by molar-refractivity contribution is 5.85. The van der Waals surface area contributed by atoms with Gasteiger partial charge in [0.1, 0.15) is 6.61 Å². The minimum atomic E-state index is -0.983. The Hall–Kier alpha value is -3.39. The molecule has 0 bridgehead atoms. The maximum atomic E-state index is 12.9. The highest BCUT2D eigenvalue weighted by atomic mass is 16.5. The van der Waals surface area contributed by atoms with Crippen LogP contribution < -0.4 is 10.6 Å². The van der Waals surface area contributed by atoms with Gasteiger partial charge >= 0.3 is 12.1 Å². The van der Waals surface area contributed by atoms with E-state index in [1.165, 1.54) is 0 Å². The molecule has 2 amide bonds. The van der Waals surface area contributed by atoms with Crippen LogP contribution in [0.4, 0.5) is 4.79 Å². The number of amides is 2. The molecule has 3 atom stereocenters. The Morgan fingerprint density at radius 1 is 1.12 bits per heavy atom. The minimum absolute atomic E-state index is 0.0317. The quantitative estimate of drug-likeness (QED) is 0.550. The van der Waals surface area contributed by atoms with Gasteiger partial charge in [-0.05, 0) is 42.5 Å². The van der Waals surface area contributed by atoms with Crippen molar-refractivity contribution in [2.24, 2.45) is 5.41 Å². The van der Waals surface area contributed by atoms with Gasteiger partial charge in [-0.1, -0.05) is 48.5 Å². The molecule has 1 fully saturated rings. The molecule has 34 heavy (non-hydrogen) atoms. The highest BCUT2D eigenvalue weighted by Gasteiger charge is 2.47. The molecule has 8 nitrogen and oxygen atoms in total. The Bertz CT molecular complexity index is 1040. The Balaban J connectivity index is 1.36. The fourth-order valence-corrected chi connectivity index (χ4v) is 4.68. The van der Waals surface area contributed by atoms with Gasteiger partial charge in [0.2, 0.25) is 5.91 Å². The molecule has 1 saturated heterocycles. The summed E-state index contributed by atoms with van der Waals surface area (Å²) in [5.41, 5.74) is 3.57. The van der Waals surface area contributed by atoms with Gasteiger partial charge < -0.3 is 25.2 Å². The van der Waals surface area contributed by atoms with Crippen molar-refractivity contribution >= 4 is 18.0 Å². The number of ether oxygens (including phenoxy) is 2. The second-order valence-electron chi connectivity index (χ2n) is 9.26. The third kappa shape index (κ3) is 4.77. The maximum Gasteiger partial charge on any atom is 0.407 e. The molecule has 1 aliphatic carbocycles. The van der Waals surface area contributed by atoms with Crippen LogP contribution in [0.1, 0.15) is 43.7 Å². The van der Waals surface area contributed by atoms with Crippen LogP contribution in [0.25, 0.3) is 11.1 Å². The van der Waals surface area contributed by atoms with E-state index in [4.69, 9.17) is 14.6 Å². The average molecular weight is 467 g/mol. The zero-order chi connectivity index (χ0) is 24.3. The van der Waals surface area contributed by atoms with Crippen LogP contribution in [-0.2, 0) is 19.1 Å². The third-order valence-electron chi connectivity index (χ3n) is 6.78. The molecule has 8 heteroatoms. The molecule has 1 heterocycles. The molecule has 1 aliphatic heterocycles. The van der Waals surface area contributed by atoms with Crippen LogP contribution in [0.2, 0.25) is 0 Å². The number of carbonyl (C=O) groups is 3. The van der Waals surface area contributed by atoms with Crippen molar-refractivity contribution in [2.45, 2.75) is 44.7 Å². The average Bonchev–Trinajstić information content (AvgIpc) is 3.35. The van der Waals surface area contributed by atoms with E-state index in [-0.39, 0.29) is 44.1 Å². The van der Waals surface area contributed by atoms with Crippen LogP contribution in [0.15, 0.2) is 48.5 Å². The smallest absolute Gasteiger partial charge is 0.407 e. The van der Waals surface area contributed by atoms with Crippen molar-refractivity contribution in [3.8, 4) is 11.1 Å². The summed E-state index contributed by atoms with van der Waals surface area (Å²) in [4.78, 5) is 36.4. The summed E-state index contributed by atoms with van der Waals surface area (Å²) in [5, 5.41) is 14.5. The van der Waals surface area contributed by atoms with Crippen LogP contribution in [-0.4, -0.2) is 55.0 Å². The van der Waals surface area contributed by atoms with Gasteiger partial charge in [-0.25, -0.2) is 4.79 Å². The fourth-order valence-electron chi connectivity index (χ4n) is 4.68. The molecule has 4 rings (SSSR count). The summed E-state index contributed by atoms with van der Waals surface area (Å²) >= 11 is 0. The van der Waals surface area contributed by atoms with Crippen molar-refractivity contribution in [3.63, 3.8) is 0 Å². The first-order chi connectivity index (χ1) is 16.3. The number of carboxylic acids is 1. The Kier molecular flexibility index (Phi) is 6.88. The van der Waals surface area contributed by atoms with Gasteiger partial charge in [0.05, 0.1) is 24.7 Å². The zero-order valence-corrected chi connectivity index (χ0v) is 19.4. The fraction of sp³-hybridized carbons (Fsp3) is 0.423. The molecule has 2 aliphatic rings. The largest absolute Gasteiger partial charge is 0.481 e. The van der Waals surface area contributed by atoms with E-state index in [9.17, 15) is 14.4 Å². The molecule has 0 saturated carbocycles. The number of carbonyl (C=O) groups excluding carboxylic acids is 2. The molecule has 0 aromatic heterocycles. The summed E-state index contributed by atoms with van der Waals surface area (Å²) in [7, 11) is 0. The van der Waals surface area contributed by atoms with Crippen molar-refractivity contribution in [2.75, 3.05) is 19.8 Å². The van der Waals surface area contributed by atoms with E-state index < -0.39 is 23.5 Å². The van der Waals surface area contributed by atoms with Crippen molar-refractivity contribution in [1.82, 2.24) is 10.6 Å². The first kappa shape index (κ1) is 23.8. The van der Waals surface area contributed by atoms with Crippen LogP contribution in [0, 0.1) is 5.41 Å². The number of aliphatic carboxylic acids is 1. The number of hydrogen-bond acceptors (Lipinski definition) is 5. The number of fused-ring (bicyclic) bond motifs is 3. The zero-order valence-electron chi connectivity index (χ0n) is 19.4. The molecule has 180 valence electrons. The summed E-state index contributed by atoms with van der Waals surface area (Å²) in [6, 6.07) is 15.4. The molecule has 2 aromatic carbocycles. The molecule has 2 aromatic rings. The molecular formula is C26H30N2O6.